The Morgan fingerprint density at radius 3 is 2.26 bits per heavy atom. The van der Waals surface area contributed by atoms with Gasteiger partial charge in [-0.15, -0.1) is 0 Å². The molecular formula is C26H27N3O6. The number of fused-ring (bicyclic) bond motifs is 3. The molecule has 1 atom stereocenters. The van der Waals surface area contributed by atoms with Crippen molar-refractivity contribution in [3.05, 3.63) is 77.7 Å². The highest BCUT2D eigenvalue weighted by Crippen LogP contribution is 2.44. The van der Waals surface area contributed by atoms with Crippen LogP contribution in [0.15, 0.2) is 65.3 Å². The molecule has 2 amide bonds. The van der Waals surface area contributed by atoms with Crippen molar-refractivity contribution in [1.29, 1.82) is 0 Å². The van der Waals surface area contributed by atoms with Gasteiger partial charge in [0.25, 0.3) is 5.91 Å². The van der Waals surface area contributed by atoms with Crippen LogP contribution in [0.25, 0.3) is 11.1 Å². The maximum atomic E-state index is 12.6. The monoisotopic (exact) mass is 477 g/mol. The van der Waals surface area contributed by atoms with Gasteiger partial charge in [0.2, 0.25) is 5.76 Å². The van der Waals surface area contributed by atoms with Crippen molar-refractivity contribution in [3.63, 3.8) is 0 Å². The summed E-state index contributed by atoms with van der Waals surface area (Å²) in [5.41, 5.74) is 4.50. The number of amides is 2. The number of benzene rings is 2. The Balaban J connectivity index is 1.39. The summed E-state index contributed by atoms with van der Waals surface area (Å²) in [6, 6.07) is 16.3. The van der Waals surface area contributed by atoms with Crippen molar-refractivity contribution in [2.24, 2.45) is 0 Å². The predicted octanol–water partition coefficient (Wildman–Crippen LogP) is 3.78. The Hall–Kier alpha value is -4.11. The summed E-state index contributed by atoms with van der Waals surface area (Å²) < 4.78 is 10.7. The molecule has 0 spiro atoms. The van der Waals surface area contributed by atoms with Gasteiger partial charge in [-0.05, 0) is 42.8 Å². The zero-order chi connectivity index (χ0) is 24.9. The molecule has 0 bridgehead atoms. The molecule has 1 aliphatic rings. The first-order valence-corrected chi connectivity index (χ1v) is 11.2. The van der Waals surface area contributed by atoms with E-state index in [0.717, 1.165) is 22.3 Å². The van der Waals surface area contributed by atoms with E-state index in [9.17, 15) is 19.5 Å². The lowest BCUT2D eigenvalue weighted by atomic mass is 9.98. The zero-order valence-electron chi connectivity index (χ0n) is 19.5. The summed E-state index contributed by atoms with van der Waals surface area (Å²) in [4.78, 5) is 38.5. The maximum absolute atomic E-state index is 12.6. The van der Waals surface area contributed by atoms with E-state index in [4.69, 9.17) is 9.15 Å². The molecule has 182 valence electrons. The molecule has 9 heteroatoms. The molecule has 3 N–H and O–H groups in total. The molecule has 0 aliphatic heterocycles. The number of carbonyl (C=O) groups excluding carboxylic acids is 2. The van der Waals surface area contributed by atoms with Crippen LogP contribution in [-0.2, 0) is 9.53 Å². The SMILES string of the molecule is CN(C)CCC(NC(=O)c1occc1NC(=O)OCC1c2ccccc2-c2ccccc21)C(=O)O. The molecule has 3 aromatic rings. The minimum Gasteiger partial charge on any atom is -0.480 e. The average Bonchev–Trinajstić information content (AvgIpc) is 3.42. The van der Waals surface area contributed by atoms with Gasteiger partial charge < -0.3 is 24.5 Å². The number of nitrogens with zero attached hydrogens (tertiary/aromatic N) is 1. The molecule has 35 heavy (non-hydrogen) atoms. The number of ether oxygens (including phenoxy) is 1. The third kappa shape index (κ3) is 5.36. The van der Waals surface area contributed by atoms with E-state index < -0.39 is 24.0 Å². The van der Waals surface area contributed by atoms with Gasteiger partial charge in [0.05, 0.1) is 12.0 Å². The first-order valence-electron chi connectivity index (χ1n) is 11.2. The number of hydrogen-bond donors (Lipinski definition) is 3. The highest BCUT2D eigenvalue weighted by Gasteiger charge is 2.29. The fourth-order valence-electron chi connectivity index (χ4n) is 4.20. The van der Waals surface area contributed by atoms with E-state index in [2.05, 4.69) is 10.6 Å². The average molecular weight is 478 g/mol. The van der Waals surface area contributed by atoms with Crippen LogP contribution in [0.5, 0.6) is 0 Å². The van der Waals surface area contributed by atoms with E-state index in [1.807, 2.05) is 67.5 Å². The van der Waals surface area contributed by atoms with E-state index in [-0.39, 0.29) is 30.4 Å². The van der Waals surface area contributed by atoms with Gasteiger partial charge in [-0.2, -0.15) is 0 Å². The summed E-state index contributed by atoms with van der Waals surface area (Å²) in [6.07, 6.45) is 0.706. The summed E-state index contributed by atoms with van der Waals surface area (Å²) in [6.45, 7) is 0.588. The molecule has 1 aliphatic carbocycles. The quantitative estimate of drug-likeness (QED) is 0.429. The minimum atomic E-state index is -1.15. The second-order valence-corrected chi connectivity index (χ2v) is 8.57. The maximum Gasteiger partial charge on any atom is 0.411 e. The first-order chi connectivity index (χ1) is 16.8. The third-order valence-electron chi connectivity index (χ3n) is 5.92. The lowest BCUT2D eigenvalue weighted by molar-refractivity contribution is -0.139. The molecule has 1 aromatic heterocycles. The van der Waals surface area contributed by atoms with Crippen LogP contribution in [-0.4, -0.2) is 61.3 Å². The highest BCUT2D eigenvalue weighted by molar-refractivity contribution is 6.01. The van der Waals surface area contributed by atoms with Gasteiger partial charge >= 0.3 is 12.1 Å². The summed E-state index contributed by atoms with van der Waals surface area (Å²) >= 11 is 0. The second kappa shape index (κ2) is 10.4. The summed E-state index contributed by atoms with van der Waals surface area (Å²) in [5.74, 6) is -2.20. The number of aliphatic carboxylic acids is 1. The van der Waals surface area contributed by atoms with Crippen molar-refractivity contribution >= 4 is 23.7 Å². The van der Waals surface area contributed by atoms with E-state index in [0.29, 0.717) is 6.54 Å². The third-order valence-corrected chi connectivity index (χ3v) is 5.92. The molecular weight excluding hydrogens is 450 g/mol. The van der Waals surface area contributed by atoms with Gasteiger partial charge in [-0.1, -0.05) is 48.5 Å². The number of furan rings is 1. The smallest absolute Gasteiger partial charge is 0.411 e. The van der Waals surface area contributed by atoms with Gasteiger partial charge in [-0.3, -0.25) is 10.1 Å². The lowest BCUT2D eigenvalue weighted by Crippen LogP contribution is -2.42. The fourth-order valence-corrected chi connectivity index (χ4v) is 4.20. The normalized spacial score (nSPS) is 13.1. The molecule has 0 saturated carbocycles. The van der Waals surface area contributed by atoms with Gasteiger partial charge in [-0.25, -0.2) is 9.59 Å². The van der Waals surface area contributed by atoms with Crippen molar-refractivity contribution in [1.82, 2.24) is 10.2 Å². The van der Waals surface area contributed by atoms with E-state index >= 15 is 0 Å². The lowest BCUT2D eigenvalue weighted by Gasteiger charge is -2.17. The van der Waals surface area contributed by atoms with Crippen LogP contribution in [0.1, 0.15) is 34.0 Å². The molecule has 2 aromatic carbocycles. The molecule has 0 radical (unpaired) electrons. The van der Waals surface area contributed by atoms with Crippen LogP contribution >= 0.6 is 0 Å². The van der Waals surface area contributed by atoms with Crippen molar-refractivity contribution < 1.29 is 28.6 Å². The number of anilines is 1. The largest absolute Gasteiger partial charge is 0.480 e. The van der Waals surface area contributed by atoms with Crippen LogP contribution in [0.4, 0.5) is 10.5 Å². The van der Waals surface area contributed by atoms with Crippen LogP contribution < -0.4 is 10.6 Å². The van der Waals surface area contributed by atoms with E-state index in [1.54, 1.807) is 0 Å². The van der Waals surface area contributed by atoms with Crippen LogP contribution in [0, 0.1) is 0 Å². The van der Waals surface area contributed by atoms with Crippen molar-refractivity contribution in [2.75, 3.05) is 32.6 Å². The fraction of sp³-hybridized carbons (Fsp3) is 0.269. The second-order valence-electron chi connectivity index (χ2n) is 8.57. The Morgan fingerprint density at radius 1 is 1.03 bits per heavy atom. The van der Waals surface area contributed by atoms with Crippen molar-refractivity contribution in [3.8, 4) is 11.1 Å². The summed E-state index contributed by atoms with van der Waals surface area (Å²) in [5, 5.41) is 14.4. The number of carbonyl (C=O) groups is 3. The molecule has 9 nitrogen and oxygen atoms in total. The van der Waals surface area contributed by atoms with Crippen LogP contribution in [0.3, 0.4) is 0 Å². The molecule has 1 unspecified atom stereocenters. The number of nitrogens with one attached hydrogen (secondary N) is 2. The number of hydrogen-bond acceptors (Lipinski definition) is 6. The molecule has 0 fully saturated rings. The Kier molecular flexibility index (Phi) is 7.17. The van der Waals surface area contributed by atoms with Gasteiger partial charge in [0.1, 0.15) is 12.6 Å². The minimum absolute atomic E-state index is 0.0940. The molecule has 0 saturated heterocycles. The molecule has 1 heterocycles. The van der Waals surface area contributed by atoms with Crippen molar-refractivity contribution in [2.45, 2.75) is 18.4 Å². The predicted molar refractivity (Wildman–Crippen MR) is 129 cm³/mol. The zero-order valence-corrected chi connectivity index (χ0v) is 19.5. The topological polar surface area (TPSA) is 121 Å². The highest BCUT2D eigenvalue weighted by atomic mass is 16.5. The molecule has 4 rings (SSSR count). The van der Waals surface area contributed by atoms with Crippen LogP contribution in [0.2, 0.25) is 0 Å². The Labute approximate surface area is 202 Å². The first kappa shape index (κ1) is 24.0. The van der Waals surface area contributed by atoms with Gasteiger partial charge in [0, 0.05) is 18.5 Å². The number of rotatable bonds is 9. The Morgan fingerprint density at radius 2 is 1.66 bits per heavy atom. The summed E-state index contributed by atoms with van der Waals surface area (Å²) in [7, 11) is 3.62. The van der Waals surface area contributed by atoms with E-state index in [1.165, 1.54) is 12.3 Å². The number of carboxylic acid groups (broad SMARTS) is 1. The van der Waals surface area contributed by atoms with Gasteiger partial charge in [0.15, 0.2) is 0 Å². The standard InChI is InChI=1S/C26H27N3O6/c1-29(2)13-11-22(25(31)32)27-24(30)23-21(12-14-34-23)28-26(33)35-15-20-18-9-5-3-7-16(18)17-8-4-6-10-19(17)20/h3-10,12,14,20,22H,11,13,15H2,1-2H3,(H,27,30)(H,28,33)(H,31,32). The Bertz CT molecular complexity index is 1190. The number of carboxylic acids is 1.